The van der Waals surface area contributed by atoms with Crippen molar-refractivity contribution in [3.8, 4) is 34.7 Å². The van der Waals surface area contributed by atoms with Crippen molar-refractivity contribution < 1.29 is 113 Å². The summed E-state index contributed by atoms with van der Waals surface area (Å²) in [4.78, 5) is 63.9. The van der Waals surface area contributed by atoms with Gasteiger partial charge in [0, 0.05) is 57.0 Å². The van der Waals surface area contributed by atoms with Gasteiger partial charge in [-0.15, -0.1) is 22.7 Å². The van der Waals surface area contributed by atoms with Crippen molar-refractivity contribution >= 4 is 50.3 Å². The number of rotatable bonds is 28. The van der Waals surface area contributed by atoms with Gasteiger partial charge in [0.25, 0.3) is 7.82 Å². The second-order valence-electron chi connectivity index (χ2n) is 24.8. The molecule has 1 N–H and O–H groups in total. The van der Waals surface area contributed by atoms with E-state index in [9.17, 15) is 37.7 Å². The molecule has 0 spiro atoms. The predicted octanol–water partition coefficient (Wildman–Crippen LogP) is 11.4. The molecule has 0 saturated carbocycles. The van der Waals surface area contributed by atoms with Crippen molar-refractivity contribution in [2.45, 2.75) is 116 Å². The monoisotopic (exact) mass is 1500 g/mol. The quantitative estimate of drug-likeness (QED) is 0.0156. The summed E-state index contributed by atoms with van der Waals surface area (Å²) >= 11 is 2.57. The van der Waals surface area contributed by atoms with Crippen molar-refractivity contribution in [1.82, 2.24) is 39.5 Å². The number of aromatic nitrogens is 8. The number of benzene rings is 6. The maximum Gasteiger partial charge on any atom is 1.00 e. The largest absolute Gasteiger partial charge is 1.00 e. The molecule has 4 aromatic heterocycles. The van der Waals surface area contributed by atoms with E-state index in [4.69, 9.17) is 52.6 Å². The van der Waals surface area contributed by atoms with Gasteiger partial charge in [-0.1, -0.05) is 74.5 Å². The van der Waals surface area contributed by atoms with Crippen LogP contribution in [0.15, 0.2) is 170 Å². The fourth-order valence-corrected chi connectivity index (χ4v) is 14.5. The number of ether oxygens (including phenoxy) is 4. The van der Waals surface area contributed by atoms with Gasteiger partial charge in [0.1, 0.15) is 59.8 Å². The smallest absolute Gasteiger partial charge is 0.756 e. The molecule has 0 aliphatic carbocycles. The number of thiazole rings is 2. The van der Waals surface area contributed by atoms with Gasteiger partial charge in [-0.25, -0.2) is 61.0 Å². The van der Waals surface area contributed by atoms with Gasteiger partial charge in [0.15, 0.2) is 13.6 Å². The summed E-state index contributed by atoms with van der Waals surface area (Å²) in [5.41, 5.74) is -0.518. The van der Waals surface area contributed by atoms with Gasteiger partial charge < -0.3 is 33.3 Å². The maximum atomic E-state index is 15.9. The molecule has 0 radical (unpaired) electrons. The Kier molecular flexibility index (Phi) is 27.3. The van der Waals surface area contributed by atoms with Crippen LogP contribution in [0.1, 0.15) is 131 Å². The minimum absolute atomic E-state index is 0. The first kappa shape index (κ1) is 80.3. The van der Waals surface area contributed by atoms with Crippen molar-refractivity contribution in [2.24, 2.45) is 0 Å². The van der Waals surface area contributed by atoms with E-state index in [0.29, 0.717) is 38.1 Å². The number of esters is 2. The minimum atomic E-state index is -4.99. The average molecular weight is 1500 g/mol. The number of phosphoric ester groups is 2. The number of nitrogens with zero attached hydrogens (tertiary/aromatic N) is 10. The van der Waals surface area contributed by atoms with Crippen molar-refractivity contribution in [3.05, 3.63) is 247 Å². The first-order chi connectivity index (χ1) is 48.4. The van der Waals surface area contributed by atoms with E-state index in [2.05, 4.69) is 36.8 Å². The van der Waals surface area contributed by atoms with Crippen LogP contribution >= 0.6 is 38.3 Å². The van der Waals surface area contributed by atoms with Crippen LogP contribution in [-0.2, 0) is 83.7 Å². The number of halogens is 4. The van der Waals surface area contributed by atoms with Gasteiger partial charge in [0.2, 0.25) is 0 Å². The summed E-state index contributed by atoms with van der Waals surface area (Å²) in [6.45, 7) is 11.5. The molecule has 4 heterocycles. The number of nitriles is 2. The van der Waals surface area contributed by atoms with Crippen molar-refractivity contribution in [1.29, 1.82) is 10.5 Å². The first-order valence-electron chi connectivity index (χ1n) is 31.0. The predicted molar refractivity (Wildman–Crippen MR) is 362 cm³/mol. The summed E-state index contributed by atoms with van der Waals surface area (Å²) in [6, 6.07) is 36.1. The van der Waals surface area contributed by atoms with Crippen LogP contribution in [-0.4, -0.2) is 81.1 Å². The molecule has 0 aliphatic heterocycles. The van der Waals surface area contributed by atoms with E-state index in [0.717, 1.165) is 35.4 Å². The van der Waals surface area contributed by atoms with E-state index in [-0.39, 0.29) is 77.1 Å². The second-order valence-corrected chi connectivity index (χ2v) is 29.3. The molecule has 10 aromatic rings. The van der Waals surface area contributed by atoms with Crippen LogP contribution in [0.4, 0.5) is 17.6 Å². The summed E-state index contributed by atoms with van der Waals surface area (Å²) in [5, 5.41) is 31.4. The molecule has 5 unspecified atom stereocenters. The molecule has 532 valence electrons. The Balaban J connectivity index is 0.000000262. The van der Waals surface area contributed by atoms with Gasteiger partial charge in [0.05, 0.1) is 93.3 Å². The molecule has 5 atom stereocenters. The third-order valence-electron chi connectivity index (χ3n) is 15.2. The third-order valence-corrected chi connectivity index (χ3v) is 19.7. The van der Waals surface area contributed by atoms with E-state index in [1.54, 1.807) is 121 Å². The summed E-state index contributed by atoms with van der Waals surface area (Å²) in [5.74, 6) is -6.52. The third kappa shape index (κ3) is 21.9. The van der Waals surface area contributed by atoms with Crippen LogP contribution < -0.4 is 34.5 Å². The van der Waals surface area contributed by atoms with Gasteiger partial charge >= 0.3 is 49.3 Å². The summed E-state index contributed by atoms with van der Waals surface area (Å²) in [6.07, 6.45) is 5.40. The molecule has 0 amide bonds. The molecule has 0 fully saturated rings. The normalized spacial score (nSPS) is 14.0. The second kappa shape index (κ2) is 34.9. The van der Waals surface area contributed by atoms with Crippen LogP contribution in [0.2, 0.25) is 0 Å². The number of carbonyl (C=O) groups excluding carboxylic acids is 2. The Morgan fingerprint density at radius 3 is 1.34 bits per heavy atom. The first-order valence-corrected chi connectivity index (χ1v) is 35.7. The zero-order chi connectivity index (χ0) is 73.6. The number of hydrogen-bond donors (Lipinski definition) is 1. The molecule has 10 rings (SSSR count). The Labute approximate surface area is 620 Å². The number of carbonyl (C=O) groups is 2. The van der Waals surface area contributed by atoms with E-state index in [1.165, 1.54) is 106 Å². The molecule has 0 bridgehead atoms. The van der Waals surface area contributed by atoms with Crippen LogP contribution in [0.3, 0.4) is 0 Å². The maximum absolute atomic E-state index is 15.9. The van der Waals surface area contributed by atoms with E-state index in [1.807, 2.05) is 5.38 Å². The Hall–Kier alpha value is -8.36. The molecule has 0 aliphatic rings. The summed E-state index contributed by atoms with van der Waals surface area (Å²) in [7, 11) is -9.03. The number of phosphoric acid groups is 2. The van der Waals surface area contributed by atoms with E-state index >= 15 is 8.78 Å². The van der Waals surface area contributed by atoms with Crippen LogP contribution in [0.25, 0.3) is 22.5 Å². The minimum Gasteiger partial charge on any atom is -0.756 e. The Morgan fingerprint density at radius 2 is 0.990 bits per heavy atom. The Bertz CT molecular complexity index is 4700. The zero-order valence-corrected chi connectivity index (χ0v) is 62.4. The standard InChI is InChI=1S/C39H42F2N5O7PS.C31H26F2N5O7PS.Na/c1-26(35-45-34(21-55-35)29-13-11-27(19-42)12-14-29)39(22-46-24-43-23-44-46,32-16-15-31(40)18-33(32)41)50-25-49-36(47)30-10-8-9-28(17-30)20-51-54(48,52-37(2,3)4)53-38(5,6)7;1-20(29-37-28(15-47-29)23-7-5-21(13-34)6-8-23)31(16-38-18-35-17-36-38,26-10-9-25(32)12-27(26)33)44-19-43-30(39)24-4-2-3-22(11-24)14-45-46(40,41)42;/h8-18,21,23-24,26H,20,22,25H2,1-7H3;2-12,15,17-18,20H,14,16,19H2,1H3,(H2,40,41,42);/q;;+1/p-1. The SMILES string of the molecule is CC(c1nc(-c2ccc(C#N)cc2)cs1)C(Cn1cncn1)(OCOC(=O)c1cccc(COP(=O)(OC(C)(C)C)OC(C)(C)C)c1)c1ccc(F)cc1F.CC(c1nc(-c2ccc(C#N)cc2)cs1)C(Cn1cncn1)(OCOC(=O)c1cccc(COP(=O)([O-])O)c1)c1ccc(F)cc1F.[Na+]. The molecule has 103 heavy (non-hydrogen) atoms. The van der Waals surface area contributed by atoms with Gasteiger partial charge in [-0.3, -0.25) is 18.1 Å². The molecular weight excluding hydrogens is 1430 g/mol. The topological polar surface area (TPSA) is 320 Å². The number of hydrogen-bond acceptors (Lipinski definition) is 23. The molecular formula is C70H67F4N10NaO14P2S2. The van der Waals surface area contributed by atoms with Crippen molar-refractivity contribution in [2.75, 3.05) is 13.6 Å². The molecule has 6 aromatic carbocycles. The molecule has 0 saturated heterocycles. The molecule has 24 nitrogen and oxygen atoms in total. The van der Waals surface area contributed by atoms with E-state index < -0.39 is 105 Å². The van der Waals surface area contributed by atoms with Crippen molar-refractivity contribution in [3.63, 3.8) is 0 Å². The zero-order valence-electron chi connectivity index (χ0n) is 57.0. The van der Waals surface area contributed by atoms with Gasteiger partial charge in [-0.2, -0.15) is 20.7 Å². The molecule has 33 heteroatoms. The fourth-order valence-electron chi connectivity index (χ4n) is 10.4. The van der Waals surface area contributed by atoms with Crippen LogP contribution in [0.5, 0.6) is 0 Å². The average Bonchev–Trinajstić information content (AvgIpc) is 1.75. The summed E-state index contributed by atoms with van der Waals surface area (Å²) < 4.78 is 132. The van der Waals surface area contributed by atoms with Crippen LogP contribution in [0, 0.1) is 45.9 Å². The Morgan fingerprint density at radius 1 is 0.592 bits per heavy atom. The fraction of sp³-hybridized carbons (Fsp3) is 0.286. The van der Waals surface area contributed by atoms with Gasteiger partial charge in [-0.05, 0) is 113 Å².